The minimum atomic E-state index is 0.273. The number of likely N-dealkylation sites (N-methyl/N-ethyl adjacent to an activating group) is 1. The monoisotopic (exact) mass is 389 g/mol. The fourth-order valence-corrected chi connectivity index (χ4v) is 3.35. The molecular formula is C15H18BrCl2N3. The summed E-state index contributed by atoms with van der Waals surface area (Å²) in [4.78, 5) is 0. The Morgan fingerprint density at radius 3 is 2.57 bits per heavy atom. The van der Waals surface area contributed by atoms with Crippen LogP contribution < -0.4 is 5.32 Å². The van der Waals surface area contributed by atoms with Crippen molar-refractivity contribution in [2.45, 2.75) is 25.8 Å². The summed E-state index contributed by atoms with van der Waals surface area (Å²) in [5.41, 5.74) is 3.28. The van der Waals surface area contributed by atoms with Crippen molar-refractivity contribution >= 4 is 39.1 Å². The Morgan fingerprint density at radius 1 is 1.33 bits per heavy atom. The normalized spacial score (nSPS) is 12.7. The van der Waals surface area contributed by atoms with E-state index in [-0.39, 0.29) is 6.04 Å². The summed E-state index contributed by atoms with van der Waals surface area (Å²) >= 11 is 15.8. The van der Waals surface area contributed by atoms with Crippen molar-refractivity contribution in [1.82, 2.24) is 15.1 Å². The van der Waals surface area contributed by atoms with Gasteiger partial charge in [-0.15, -0.1) is 0 Å². The molecule has 21 heavy (non-hydrogen) atoms. The number of rotatable bonds is 5. The lowest BCUT2D eigenvalue weighted by Crippen LogP contribution is -2.31. The van der Waals surface area contributed by atoms with Crippen molar-refractivity contribution < 1.29 is 0 Å². The molecule has 1 N–H and O–H groups in total. The first-order valence-corrected chi connectivity index (χ1v) is 8.26. The molecule has 0 aliphatic rings. The fourth-order valence-electron chi connectivity index (χ4n) is 2.36. The summed E-state index contributed by atoms with van der Waals surface area (Å²) in [6.45, 7) is 2.00. The van der Waals surface area contributed by atoms with E-state index in [1.165, 1.54) is 5.69 Å². The van der Waals surface area contributed by atoms with E-state index in [1.54, 1.807) is 6.07 Å². The SMILES string of the molecule is CNC(Cc1ccc(Cl)cc1Cl)Cc1c(Br)c(C)nn1C. The Kier molecular flexibility index (Phi) is 5.72. The maximum Gasteiger partial charge on any atom is 0.0738 e. The third-order valence-electron chi connectivity index (χ3n) is 3.59. The molecule has 1 unspecified atom stereocenters. The summed E-state index contributed by atoms with van der Waals surface area (Å²) in [5, 5.41) is 9.16. The second-order valence-corrected chi connectivity index (χ2v) is 6.74. The van der Waals surface area contributed by atoms with Crippen LogP contribution in [0.25, 0.3) is 0 Å². The predicted molar refractivity (Wildman–Crippen MR) is 92.4 cm³/mol. The van der Waals surface area contributed by atoms with Gasteiger partial charge in [-0.1, -0.05) is 29.3 Å². The highest BCUT2D eigenvalue weighted by Gasteiger charge is 2.17. The van der Waals surface area contributed by atoms with Gasteiger partial charge in [-0.05, 0) is 54.0 Å². The zero-order valence-corrected chi connectivity index (χ0v) is 15.3. The van der Waals surface area contributed by atoms with Crippen molar-refractivity contribution in [3.63, 3.8) is 0 Å². The van der Waals surface area contributed by atoms with Gasteiger partial charge in [0.15, 0.2) is 0 Å². The summed E-state index contributed by atoms with van der Waals surface area (Å²) < 4.78 is 3.00. The van der Waals surface area contributed by atoms with Crippen molar-refractivity contribution in [2.75, 3.05) is 7.05 Å². The summed E-state index contributed by atoms with van der Waals surface area (Å²) in [6.07, 6.45) is 1.70. The van der Waals surface area contributed by atoms with Gasteiger partial charge < -0.3 is 5.32 Å². The van der Waals surface area contributed by atoms with Crippen molar-refractivity contribution in [3.05, 3.63) is 49.7 Å². The topological polar surface area (TPSA) is 29.9 Å². The minimum Gasteiger partial charge on any atom is -0.316 e. The lowest BCUT2D eigenvalue weighted by molar-refractivity contribution is 0.532. The van der Waals surface area contributed by atoms with Gasteiger partial charge in [0, 0.05) is 29.6 Å². The lowest BCUT2D eigenvalue weighted by atomic mass is 10.0. The van der Waals surface area contributed by atoms with E-state index in [4.69, 9.17) is 23.2 Å². The highest BCUT2D eigenvalue weighted by atomic mass is 79.9. The molecule has 6 heteroatoms. The van der Waals surface area contributed by atoms with Crippen LogP contribution in [-0.2, 0) is 19.9 Å². The molecule has 0 amide bonds. The zero-order chi connectivity index (χ0) is 15.6. The number of aryl methyl sites for hydroxylation is 2. The molecule has 2 rings (SSSR count). The van der Waals surface area contributed by atoms with Crippen LogP contribution >= 0.6 is 39.1 Å². The van der Waals surface area contributed by atoms with E-state index in [2.05, 4.69) is 26.3 Å². The Balaban J connectivity index is 2.17. The lowest BCUT2D eigenvalue weighted by Gasteiger charge is -2.17. The average Bonchev–Trinajstić information content (AvgIpc) is 2.67. The van der Waals surface area contributed by atoms with Crippen LogP contribution in [0.5, 0.6) is 0 Å². The number of benzene rings is 1. The van der Waals surface area contributed by atoms with Crippen molar-refractivity contribution in [1.29, 1.82) is 0 Å². The van der Waals surface area contributed by atoms with Crippen molar-refractivity contribution in [2.24, 2.45) is 7.05 Å². The Hall–Kier alpha value is -0.550. The second-order valence-electron chi connectivity index (χ2n) is 5.10. The highest BCUT2D eigenvalue weighted by molar-refractivity contribution is 9.10. The van der Waals surface area contributed by atoms with Gasteiger partial charge in [-0.25, -0.2) is 0 Å². The minimum absolute atomic E-state index is 0.273. The smallest absolute Gasteiger partial charge is 0.0738 e. The van der Waals surface area contributed by atoms with Crippen LogP contribution in [0, 0.1) is 6.92 Å². The van der Waals surface area contributed by atoms with Crippen LogP contribution in [0.4, 0.5) is 0 Å². The molecule has 0 aliphatic heterocycles. The van der Waals surface area contributed by atoms with Crippen LogP contribution in [0.1, 0.15) is 17.0 Å². The maximum atomic E-state index is 6.26. The van der Waals surface area contributed by atoms with Gasteiger partial charge >= 0.3 is 0 Å². The number of nitrogens with zero attached hydrogens (tertiary/aromatic N) is 2. The number of hydrogen-bond donors (Lipinski definition) is 1. The quantitative estimate of drug-likeness (QED) is 0.830. The third kappa shape index (κ3) is 4.01. The van der Waals surface area contributed by atoms with Crippen LogP contribution in [0.2, 0.25) is 10.0 Å². The molecule has 0 fully saturated rings. The molecule has 0 spiro atoms. The molecule has 0 aliphatic carbocycles. The average molecular weight is 391 g/mol. The molecular weight excluding hydrogens is 373 g/mol. The summed E-state index contributed by atoms with van der Waals surface area (Å²) in [7, 11) is 3.93. The van der Waals surface area contributed by atoms with Gasteiger partial charge in [0.25, 0.3) is 0 Å². The fraction of sp³-hybridized carbons (Fsp3) is 0.400. The third-order valence-corrected chi connectivity index (χ3v) is 5.21. The predicted octanol–water partition coefficient (Wildman–Crippen LogP) is 4.17. The summed E-state index contributed by atoms with van der Waals surface area (Å²) in [5.74, 6) is 0. The second kappa shape index (κ2) is 7.14. The molecule has 1 aromatic carbocycles. The van der Waals surface area contributed by atoms with Crippen LogP contribution in [-0.4, -0.2) is 22.9 Å². The molecule has 2 aromatic rings. The molecule has 0 saturated heterocycles. The Bertz CT molecular complexity index is 640. The number of hydrogen-bond acceptors (Lipinski definition) is 2. The Morgan fingerprint density at radius 2 is 2.05 bits per heavy atom. The van der Waals surface area contributed by atoms with Crippen LogP contribution in [0.15, 0.2) is 22.7 Å². The van der Waals surface area contributed by atoms with E-state index >= 15 is 0 Å². The van der Waals surface area contributed by atoms with Gasteiger partial charge in [-0.3, -0.25) is 4.68 Å². The number of halogens is 3. The first-order chi connectivity index (χ1) is 9.92. The molecule has 114 valence electrons. The van der Waals surface area contributed by atoms with E-state index in [1.807, 2.05) is 37.8 Å². The number of nitrogens with one attached hydrogen (secondary N) is 1. The molecule has 0 bridgehead atoms. The van der Waals surface area contributed by atoms with Crippen molar-refractivity contribution in [3.8, 4) is 0 Å². The van der Waals surface area contributed by atoms with E-state index in [0.29, 0.717) is 10.0 Å². The van der Waals surface area contributed by atoms with Gasteiger partial charge in [0.2, 0.25) is 0 Å². The van der Waals surface area contributed by atoms with Gasteiger partial charge in [-0.2, -0.15) is 5.10 Å². The first kappa shape index (κ1) is 16.8. The number of aromatic nitrogens is 2. The largest absolute Gasteiger partial charge is 0.316 e. The Labute approximate surface area is 143 Å². The molecule has 1 atom stereocenters. The standard InChI is InChI=1S/C15H18BrCl2N3/c1-9-15(16)14(21(3)20-9)8-12(19-2)6-10-4-5-11(17)7-13(10)18/h4-5,7,12,19H,6,8H2,1-3H3. The molecule has 0 saturated carbocycles. The van der Waals surface area contributed by atoms with E-state index in [9.17, 15) is 0 Å². The molecule has 1 aromatic heterocycles. The van der Waals surface area contributed by atoms with Gasteiger partial charge in [0.1, 0.15) is 0 Å². The summed E-state index contributed by atoms with van der Waals surface area (Å²) in [6, 6.07) is 5.92. The molecule has 0 radical (unpaired) electrons. The van der Waals surface area contributed by atoms with Crippen LogP contribution in [0.3, 0.4) is 0 Å². The highest BCUT2D eigenvalue weighted by Crippen LogP contribution is 2.25. The van der Waals surface area contributed by atoms with Gasteiger partial charge in [0.05, 0.1) is 15.9 Å². The zero-order valence-electron chi connectivity index (χ0n) is 12.3. The van der Waals surface area contributed by atoms with E-state index in [0.717, 1.165) is 28.6 Å². The first-order valence-electron chi connectivity index (χ1n) is 6.71. The van der Waals surface area contributed by atoms with E-state index < -0.39 is 0 Å². The molecule has 3 nitrogen and oxygen atoms in total. The maximum absolute atomic E-state index is 6.26. The molecule has 1 heterocycles.